The van der Waals surface area contributed by atoms with Gasteiger partial charge >= 0.3 is 6.18 Å². The van der Waals surface area contributed by atoms with E-state index < -0.39 is 11.2 Å². The Morgan fingerprint density at radius 3 is 2.66 bits per heavy atom. The van der Waals surface area contributed by atoms with Crippen molar-refractivity contribution in [3.8, 4) is 11.5 Å². The Morgan fingerprint density at radius 2 is 1.97 bits per heavy atom. The van der Waals surface area contributed by atoms with E-state index in [4.69, 9.17) is 0 Å². The highest BCUT2D eigenvalue weighted by molar-refractivity contribution is 7.16. The van der Waals surface area contributed by atoms with E-state index in [1.165, 1.54) is 0 Å². The number of fused-ring (bicyclic) bond motifs is 1. The maximum atomic E-state index is 13.7. The first-order valence-electron chi connectivity index (χ1n) is 12.2. The second-order valence-electron chi connectivity index (χ2n) is 9.83. The zero-order valence-corrected chi connectivity index (χ0v) is 22.4. The number of benzene rings is 1. The molecule has 202 valence electrons. The highest BCUT2D eigenvalue weighted by Gasteiger charge is 2.39. The van der Waals surface area contributed by atoms with Crippen molar-refractivity contribution in [2.75, 3.05) is 38.6 Å². The first-order chi connectivity index (χ1) is 18.0. The zero-order valence-electron chi connectivity index (χ0n) is 21.6. The van der Waals surface area contributed by atoms with Crippen LogP contribution < -0.4 is 4.90 Å². The van der Waals surface area contributed by atoms with Gasteiger partial charge in [-0.05, 0) is 40.1 Å². The summed E-state index contributed by atoms with van der Waals surface area (Å²) in [5.74, 6) is 0.218. The highest BCUT2D eigenvalue weighted by atomic mass is 32.1. The summed E-state index contributed by atoms with van der Waals surface area (Å²) in [6.07, 6.45) is -2.68. The number of amides is 1. The van der Waals surface area contributed by atoms with Gasteiger partial charge in [-0.15, -0.1) is 0 Å². The Labute approximate surface area is 221 Å². The van der Waals surface area contributed by atoms with E-state index >= 15 is 0 Å². The summed E-state index contributed by atoms with van der Waals surface area (Å²) in [7, 11) is 3.95. The highest BCUT2D eigenvalue weighted by Crippen LogP contribution is 2.42. The van der Waals surface area contributed by atoms with Gasteiger partial charge in [0.05, 0.1) is 16.7 Å². The summed E-state index contributed by atoms with van der Waals surface area (Å²) in [4.78, 5) is 30.4. The van der Waals surface area contributed by atoms with Gasteiger partial charge in [0, 0.05) is 44.0 Å². The number of aromatic nitrogens is 5. The summed E-state index contributed by atoms with van der Waals surface area (Å²) < 4.78 is 42.6. The van der Waals surface area contributed by atoms with E-state index in [0.717, 1.165) is 23.3 Å². The van der Waals surface area contributed by atoms with E-state index in [1.54, 1.807) is 15.6 Å². The van der Waals surface area contributed by atoms with Crippen molar-refractivity contribution in [2.24, 2.45) is 0 Å². The van der Waals surface area contributed by atoms with Crippen LogP contribution in [-0.2, 0) is 24.1 Å². The van der Waals surface area contributed by atoms with Crippen LogP contribution in [0.25, 0.3) is 22.6 Å². The SMILES string of the molecule is Cc1nn(CC(=O)N2CCN(c3sc(C(F)(F)F)nc3-c3nc4ccccc4[nH]3)C[C@H]2C)cc1CN(C)C. The number of nitrogens with zero attached hydrogens (tertiary/aromatic N) is 7. The lowest BCUT2D eigenvalue weighted by Gasteiger charge is -2.40. The molecule has 13 heteroatoms. The lowest BCUT2D eigenvalue weighted by molar-refractivity contribution is -0.137. The molecule has 1 aliphatic rings. The maximum absolute atomic E-state index is 13.7. The second kappa shape index (κ2) is 10.0. The molecule has 9 nitrogen and oxygen atoms in total. The molecular weight excluding hydrogens is 517 g/mol. The Balaban J connectivity index is 1.35. The second-order valence-corrected chi connectivity index (χ2v) is 10.8. The molecule has 1 aliphatic heterocycles. The molecule has 1 aromatic carbocycles. The van der Waals surface area contributed by atoms with Crippen molar-refractivity contribution in [2.45, 2.75) is 39.2 Å². The number of hydrogen-bond donors (Lipinski definition) is 1. The van der Waals surface area contributed by atoms with Crippen molar-refractivity contribution in [3.63, 3.8) is 0 Å². The first kappa shape index (κ1) is 26.2. The van der Waals surface area contributed by atoms with Crippen LogP contribution in [0.2, 0.25) is 0 Å². The van der Waals surface area contributed by atoms with Crippen molar-refractivity contribution in [1.29, 1.82) is 0 Å². The van der Waals surface area contributed by atoms with Crippen LogP contribution in [0.15, 0.2) is 30.5 Å². The summed E-state index contributed by atoms with van der Waals surface area (Å²) >= 11 is 0.609. The van der Waals surface area contributed by atoms with Crippen LogP contribution in [0, 0.1) is 6.92 Å². The van der Waals surface area contributed by atoms with E-state index in [-0.39, 0.29) is 24.2 Å². The summed E-state index contributed by atoms with van der Waals surface area (Å²) in [5, 5.41) is 3.96. The number of piperazine rings is 1. The molecule has 0 spiro atoms. The lowest BCUT2D eigenvalue weighted by Crippen LogP contribution is -2.54. The largest absolute Gasteiger partial charge is 0.443 e. The molecule has 38 heavy (non-hydrogen) atoms. The van der Waals surface area contributed by atoms with Gasteiger partial charge < -0.3 is 19.7 Å². The van der Waals surface area contributed by atoms with E-state index in [9.17, 15) is 18.0 Å². The fourth-order valence-electron chi connectivity index (χ4n) is 4.74. The summed E-state index contributed by atoms with van der Waals surface area (Å²) in [5.41, 5.74) is 3.49. The molecule has 0 aliphatic carbocycles. The van der Waals surface area contributed by atoms with Gasteiger partial charge in [-0.25, -0.2) is 9.97 Å². The van der Waals surface area contributed by atoms with Gasteiger partial charge in [-0.2, -0.15) is 18.3 Å². The third kappa shape index (κ3) is 5.25. The van der Waals surface area contributed by atoms with Crippen LogP contribution >= 0.6 is 11.3 Å². The molecule has 1 saturated heterocycles. The van der Waals surface area contributed by atoms with Crippen molar-refractivity contribution >= 4 is 33.3 Å². The fraction of sp³-hybridized carbons (Fsp3) is 0.440. The van der Waals surface area contributed by atoms with E-state index in [2.05, 4.69) is 20.1 Å². The standard InChI is InChI=1S/C25H29F3N8OS/c1-15-11-34(9-10-36(15)20(37)14-35-13-17(12-33(3)4)16(2)32-35)23-21(31-24(38-23)25(26,27)28)22-29-18-7-5-6-8-19(18)30-22/h5-8,13,15H,9-12,14H2,1-4H3,(H,29,30)/t15-/m1/s1. The quantitative estimate of drug-likeness (QED) is 0.394. The van der Waals surface area contributed by atoms with Gasteiger partial charge in [0.15, 0.2) is 5.82 Å². The average molecular weight is 547 g/mol. The van der Waals surface area contributed by atoms with E-state index in [0.29, 0.717) is 47.3 Å². The molecule has 1 amide bonds. The molecule has 1 fully saturated rings. The Hall–Kier alpha value is -3.45. The number of rotatable bonds is 6. The Morgan fingerprint density at radius 1 is 1.21 bits per heavy atom. The van der Waals surface area contributed by atoms with Gasteiger partial charge in [0.2, 0.25) is 10.9 Å². The number of nitrogens with one attached hydrogen (secondary N) is 1. The van der Waals surface area contributed by atoms with Crippen LogP contribution in [0.3, 0.4) is 0 Å². The lowest BCUT2D eigenvalue weighted by atomic mass is 10.2. The Bertz CT molecular complexity index is 1420. The minimum Gasteiger partial charge on any atom is -0.358 e. The average Bonchev–Trinajstić information content (AvgIpc) is 3.55. The summed E-state index contributed by atoms with van der Waals surface area (Å²) in [6.45, 7) is 5.81. The van der Waals surface area contributed by atoms with Crippen molar-refractivity contribution in [3.05, 3.63) is 46.7 Å². The van der Waals surface area contributed by atoms with Crippen LogP contribution in [-0.4, -0.2) is 80.2 Å². The zero-order chi connectivity index (χ0) is 27.2. The number of carbonyl (C=O) groups excluding carboxylic acids is 1. The molecule has 4 heterocycles. The molecule has 4 aromatic rings. The number of thiazole rings is 1. The van der Waals surface area contributed by atoms with Gasteiger partial charge in [-0.1, -0.05) is 23.5 Å². The number of para-hydroxylation sites is 2. The van der Waals surface area contributed by atoms with Gasteiger partial charge in [0.1, 0.15) is 17.2 Å². The number of H-pyrrole nitrogens is 1. The van der Waals surface area contributed by atoms with Gasteiger partial charge in [-0.3, -0.25) is 9.48 Å². The number of aryl methyl sites for hydroxylation is 1. The van der Waals surface area contributed by atoms with E-state index in [1.807, 2.05) is 62.1 Å². The number of aromatic amines is 1. The predicted octanol–water partition coefficient (Wildman–Crippen LogP) is 4.01. The molecule has 0 unspecified atom stereocenters. The molecule has 0 radical (unpaired) electrons. The molecule has 0 bridgehead atoms. The van der Waals surface area contributed by atoms with Crippen molar-refractivity contribution in [1.82, 2.24) is 34.5 Å². The molecule has 1 atom stereocenters. The van der Waals surface area contributed by atoms with Crippen LogP contribution in [0.1, 0.15) is 23.2 Å². The third-order valence-corrected chi connectivity index (χ3v) is 7.69. The van der Waals surface area contributed by atoms with Crippen LogP contribution in [0.5, 0.6) is 0 Å². The molecular formula is C25H29F3N8OS. The number of carbonyl (C=O) groups is 1. The predicted molar refractivity (Wildman–Crippen MR) is 140 cm³/mol. The van der Waals surface area contributed by atoms with Crippen molar-refractivity contribution < 1.29 is 18.0 Å². The monoisotopic (exact) mass is 546 g/mol. The first-order valence-corrected chi connectivity index (χ1v) is 13.1. The maximum Gasteiger partial charge on any atom is 0.443 e. The number of alkyl halides is 3. The smallest absolute Gasteiger partial charge is 0.358 e. The fourth-order valence-corrected chi connectivity index (χ4v) is 5.71. The molecule has 5 rings (SSSR count). The molecule has 0 saturated carbocycles. The topological polar surface area (TPSA) is 86.2 Å². The number of anilines is 1. The number of halogens is 3. The Kier molecular flexibility index (Phi) is 6.90. The molecule has 3 aromatic heterocycles. The van der Waals surface area contributed by atoms with Gasteiger partial charge in [0.25, 0.3) is 0 Å². The molecule has 1 N–H and O–H groups in total. The normalized spacial score (nSPS) is 16.7. The third-order valence-electron chi connectivity index (χ3n) is 6.53. The minimum atomic E-state index is -4.57. The minimum absolute atomic E-state index is 0.0751. The summed E-state index contributed by atoms with van der Waals surface area (Å²) in [6, 6.07) is 7.05. The number of hydrogen-bond acceptors (Lipinski definition) is 7. The number of imidazole rings is 1. The van der Waals surface area contributed by atoms with Crippen LogP contribution in [0.4, 0.5) is 18.2 Å².